The molecule has 0 nitrogen and oxygen atoms in total. The van der Waals surface area contributed by atoms with E-state index in [2.05, 4.69) is 27.7 Å². The molecule has 0 saturated carbocycles. The van der Waals surface area contributed by atoms with Gasteiger partial charge in [-0.05, 0) is 51.4 Å². The van der Waals surface area contributed by atoms with Gasteiger partial charge < -0.3 is 12.4 Å². The molecule has 0 N–H and O–H groups in total. The Bertz CT molecular complexity index is 356. The van der Waals surface area contributed by atoms with Crippen molar-refractivity contribution in [2.75, 3.05) is 24.6 Å². The van der Waals surface area contributed by atoms with Crippen LogP contribution >= 0.6 is 7.26 Å². The Hall–Kier alpha value is 0.720. The average molecular weight is 561 g/mol. The zero-order valence-corrected chi connectivity index (χ0v) is 28.4. The molecule has 37 heavy (non-hydrogen) atoms. The Kier molecular flexibility index (Phi) is 35.5. The predicted octanol–water partition coefficient (Wildman–Crippen LogP) is 10.6. The van der Waals surface area contributed by atoms with Crippen molar-refractivity contribution in [1.82, 2.24) is 0 Å². The van der Waals surface area contributed by atoms with E-state index >= 15 is 0 Å². The van der Waals surface area contributed by atoms with E-state index in [0.29, 0.717) is 0 Å². The van der Waals surface area contributed by atoms with E-state index in [4.69, 9.17) is 0 Å². The molecule has 0 amide bonds. The number of halogens is 1. The Morgan fingerprint density at radius 3 is 0.595 bits per heavy atom. The summed E-state index contributed by atoms with van der Waals surface area (Å²) in [5.41, 5.74) is 0. The molecule has 226 valence electrons. The number of unbranched alkanes of at least 4 members (excludes halogenated alkanes) is 23. The van der Waals surface area contributed by atoms with Gasteiger partial charge >= 0.3 is 0 Å². The normalized spacial score (nSPS) is 11.7. The highest BCUT2D eigenvalue weighted by atomic mass is 35.5. The molecule has 0 aliphatic rings. The number of rotatable bonds is 31. The van der Waals surface area contributed by atoms with Crippen LogP contribution in [0.2, 0.25) is 0 Å². The Labute approximate surface area is 244 Å². The molecular formula is C35H74ClP. The SMILES string of the molecule is CCCCCCCCCCC[P+](CCCCCCCC)(CCCCCCCC)CCCCCCCC.[Cl-]. The summed E-state index contributed by atoms with van der Waals surface area (Å²) < 4.78 is 0. The van der Waals surface area contributed by atoms with Gasteiger partial charge in [-0.15, -0.1) is 0 Å². The lowest BCUT2D eigenvalue weighted by molar-refractivity contribution is -0.00000821. The minimum absolute atomic E-state index is 0. The molecule has 2 heteroatoms. The molecule has 0 radical (unpaired) electrons. The molecule has 0 atom stereocenters. The van der Waals surface area contributed by atoms with Gasteiger partial charge in [0.25, 0.3) is 0 Å². The Balaban J connectivity index is 0. The minimum Gasteiger partial charge on any atom is -1.00 e. The third-order valence-corrected chi connectivity index (χ3v) is 13.8. The lowest BCUT2D eigenvalue weighted by atomic mass is 10.1. The third kappa shape index (κ3) is 28.1. The first-order valence-corrected chi connectivity index (χ1v) is 20.1. The second kappa shape index (κ2) is 32.9. The minimum atomic E-state index is -0.733. The molecular weight excluding hydrogens is 487 g/mol. The van der Waals surface area contributed by atoms with Crippen LogP contribution in [0.15, 0.2) is 0 Å². The van der Waals surface area contributed by atoms with Crippen LogP contribution in [-0.4, -0.2) is 24.6 Å². The second-order valence-corrected chi connectivity index (χ2v) is 16.8. The van der Waals surface area contributed by atoms with E-state index in [9.17, 15) is 0 Å². The first-order valence-electron chi connectivity index (χ1n) is 17.6. The van der Waals surface area contributed by atoms with E-state index in [1.807, 2.05) is 0 Å². The van der Waals surface area contributed by atoms with E-state index in [0.717, 1.165) is 0 Å². The molecule has 0 aliphatic heterocycles. The van der Waals surface area contributed by atoms with Crippen LogP contribution in [0.4, 0.5) is 0 Å². The highest BCUT2D eigenvalue weighted by Crippen LogP contribution is 2.61. The molecule has 0 saturated heterocycles. The summed E-state index contributed by atoms with van der Waals surface area (Å²) in [5, 5.41) is 0. The second-order valence-electron chi connectivity index (χ2n) is 12.4. The highest BCUT2D eigenvalue weighted by Gasteiger charge is 2.34. The first kappa shape index (κ1) is 39.9. The maximum Gasteiger partial charge on any atom is 0.0594 e. The fourth-order valence-corrected chi connectivity index (χ4v) is 11.0. The maximum atomic E-state index is 2.35. The molecule has 0 bridgehead atoms. The van der Waals surface area contributed by atoms with Gasteiger partial charge in [0.05, 0.1) is 24.6 Å². The van der Waals surface area contributed by atoms with Crippen LogP contribution in [0.3, 0.4) is 0 Å². The monoisotopic (exact) mass is 561 g/mol. The smallest absolute Gasteiger partial charge is 0.0594 e. The van der Waals surface area contributed by atoms with E-state index in [1.165, 1.54) is 148 Å². The van der Waals surface area contributed by atoms with Crippen molar-refractivity contribution in [2.45, 2.75) is 201 Å². The fourth-order valence-electron chi connectivity index (χ4n) is 6.11. The molecule has 0 heterocycles. The van der Waals surface area contributed by atoms with Crippen LogP contribution in [0.25, 0.3) is 0 Å². The lowest BCUT2D eigenvalue weighted by Gasteiger charge is -2.28. The van der Waals surface area contributed by atoms with Crippen LogP contribution in [0, 0.1) is 0 Å². The van der Waals surface area contributed by atoms with Crippen LogP contribution in [0.1, 0.15) is 201 Å². The molecule has 0 fully saturated rings. The zero-order chi connectivity index (χ0) is 26.4. The standard InChI is InChI=1S/C35H74P.ClH/c1-5-9-13-17-21-22-23-27-31-35-36(32-28-24-18-14-10-6-2,33-29-25-19-15-11-7-3)34-30-26-20-16-12-8-4;/h5-35H2,1-4H3;1H/q+1;/p-1. The third-order valence-electron chi connectivity index (χ3n) is 8.69. The molecule has 0 aromatic rings. The summed E-state index contributed by atoms with van der Waals surface area (Å²) in [4.78, 5) is 0. The van der Waals surface area contributed by atoms with Crippen LogP contribution < -0.4 is 12.4 Å². The van der Waals surface area contributed by atoms with Gasteiger partial charge in [0.1, 0.15) is 0 Å². The zero-order valence-electron chi connectivity index (χ0n) is 26.7. The molecule has 0 spiro atoms. The summed E-state index contributed by atoms with van der Waals surface area (Å²) in [6.07, 6.45) is 46.7. The highest BCUT2D eigenvalue weighted by molar-refractivity contribution is 7.75. The summed E-state index contributed by atoms with van der Waals surface area (Å²) in [5.74, 6) is 0. The molecule has 0 rings (SSSR count). The van der Waals surface area contributed by atoms with Gasteiger partial charge in [-0.3, -0.25) is 0 Å². The topological polar surface area (TPSA) is 0 Å². The van der Waals surface area contributed by atoms with Gasteiger partial charge in [0, 0.05) is 7.26 Å². The van der Waals surface area contributed by atoms with Crippen molar-refractivity contribution in [3.8, 4) is 0 Å². The van der Waals surface area contributed by atoms with Crippen LogP contribution in [-0.2, 0) is 0 Å². The molecule has 0 unspecified atom stereocenters. The maximum absolute atomic E-state index is 2.35. The van der Waals surface area contributed by atoms with Gasteiger partial charge in [0.2, 0.25) is 0 Å². The van der Waals surface area contributed by atoms with Crippen molar-refractivity contribution in [3.63, 3.8) is 0 Å². The quantitative estimate of drug-likeness (QED) is 0.0584. The van der Waals surface area contributed by atoms with Gasteiger partial charge in [-0.2, -0.15) is 0 Å². The summed E-state index contributed by atoms with van der Waals surface area (Å²) in [6.45, 7) is 9.38. The Morgan fingerprint density at radius 1 is 0.243 bits per heavy atom. The van der Waals surface area contributed by atoms with E-state index in [1.54, 1.807) is 50.3 Å². The van der Waals surface area contributed by atoms with E-state index < -0.39 is 7.26 Å². The average Bonchev–Trinajstić information content (AvgIpc) is 2.89. The molecule has 0 aromatic carbocycles. The van der Waals surface area contributed by atoms with Gasteiger partial charge in [-0.25, -0.2) is 0 Å². The number of hydrogen-bond acceptors (Lipinski definition) is 0. The lowest BCUT2D eigenvalue weighted by Crippen LogP contribution is -3.00. The predicted molar refractivity (Wildman–Crippen MR) is 174 cm³/mol. The van der Waals surface area contributed by atoms with Crippen LogP contribution in [0.5, 0.6) is 0 Å². The van der Waals surface area contributed by atoms with E-state index in [-0.39, 0.29) is 12.4 Å². The van der Waals surface area contributed by atoms with Crippen molar-refractivity contribution in [1.29, 1.82) is 0 Å². The van der Waals surface area contributed by atoms with Crippen molar-refractivity contribution in [2.24, 2.45) is 0 Å². The fraction of sp³-hybridized carbons (Fsp3) is 1.00. The summed E-state index contributed by atoms with van der Waals surface area (Å²) >= 11 is 0. The van der Waals surface area contributed by atoms with Crippen molar-refractivity contribution < 1.29 is 12.4 Å². The van der Waals surface area contributed by atoms with Gasteiger partial charge in [0.15, 0.2) is 0 Å². The molecule has 0 aliphatic carbocycles. The summed E-state index contributed by atoms with van der Waals surface area (Å²) in [7, 11) is -0.733. The summed E-state index contributed by atoms with van der Waals surface area (Å²) in [6, 6.07) is 0. The molecule has 0 aromatic heterocycles. The Morgan fingerprint density at radius 2 is 0.405 bits per heavy atom. The first-order chi connectivity index (χ1) is 17.7. The van der Waals surface area contributed by atoms with Gasteiger partial charge in [-0.1, -0.05) is 150 Å². The number of hydrogen-bond donors (Lipinski definition) is 0. The van der Waals surface area contributed by atoms with Crippen molar-refractivity contribution >= 4 is 7.26 Å². The van der Waals surface area contributed by atoms with Crippen molar-refractivity contribution in [3.05, 3.63) is 0 Å². The largest absolute Gasteiger partial charge is 1.00 e.